The van der Waals surface area contributed by atoms with Crippen LogP contribution in [0.15, 0.2) is 84.4 Å². The first kappa shape index (κ1) is 18.1. The van der Waals surface area contributed by atoms with E-state index in [0.717, 1.165) is 17.7 Å². The van der Waals surface area contributed by atoms with Crippen molar-refractivity contribution >= 4 is 35.0 Å². The molecule has 0 fully saturated rings. The highest BCUT2D eigenvalue weighted by molar-refractivity contribution is 6.30. The maximum absolute atomic E-state index is 14.5. The largest absolute Gasteiger partial charge is 0.273 e. The van der Waals surface area contributed by atoms with Crippen LogP contribution in [0, 0.1) is 11.6 Å². The molecule has 0 radical (unpaired) electrons. The molecule has 0 unspecified atom stereocenters. The van der Waals surface area contributed by atoms with E-state index in [1.54, 1.807) is 36.4 Å². The van der Waals surface area contributed by atoms with Gasteiger partial charge < -0.3 is 0 Å². The van der Waals surface area contributed by atoms with Crippen molar-refractivity contribution in [3.05, 3.63) is 112 Å². The van der Waals surface area contributed by atoms with Crippen molar-refractivity contribution in [2.75, 3.05) is 4.90 Å². The number of halogens is 3. The van der Waals surface area contributed by atoms with E-state index in [2.05, 4.69) is 0 Å². The van der Waals surface area contributed by atoms with Crippen LogP contribution in [0.3, 0.4) is 0 Å². The van der Waals surface area contributed by atoms with Gasteiger partial charge in [-0.25, -0.2) is 8.78 Å². The molecule has 0 bridgehead atoms. The Morgan fingerprint density at radius 2 is 1.61 bits per heavy atom. The van der Waals surface area contributed by atoms with Gasteiger partial charge in [0.25, 0.3) is 5.91 Å². The monoisotopic (exact) mass is 393 g/mol. The molecule has 1 aliphatic rings. The summed E-state index contributed by atoms with van der Waals surface area (Å²) in [4.78, 5) is 14.4. The minimum atomic E-state index is -0.811. The molecule has 0 saturated heterocycles. The van der Waals surface area contributed by atoms with E-state index in [9.17, 15) is 13.6 Å². The molecule has 1 heterocycles. The lowest BCUT2D eigenvalue weighted by Crippen LogP contribution is -2.26. The second kappa shape index (κ2) is 7.41. The quantitative estimate of drug-likeness (QED) is 0.493. The maximum Gasteiger partial charge on any atom is 0.263 e. The molecule has 0 aromatic heterocycles. The zero-order valence-electron chi connectivity index (χ0n) is 14.6. The fraction of sp³-hybridized carbons (Fsp3) is 0. The summed E-state index contributed by atoms with van der Waals surface area (Å²) in [6, 6.07) is 19.4. The van der Waals surface area contributed by atoms with E-state index in [0.29, 0.717) is 21.9 Å². The molecule has 2 nitrogen and oxygen atoms in total. The van der Waals surface area contributed by atoms with Crippen LogP contribution in [0.2, 0.25) is 5.02 Å². The summed E-state index contributed by atoms with van der Waals surface area (Å²) in [6.45, 7) is 0. The SMILES string of the molecule is O=C1/C(=C/c2ccccc2)C=C(c2ccc(Cl)cc2)N1c1ccc(F)cc1F. The zero-order valence-corrected chi connectivity index (χ0v) is 15.3. The topological polar surface area (TPSA) is 20.3 Å². The fourth-order valence-corrected chi connectivity index (χ4v) is 3.21. The van der Waals surface area contributed by atoms with E-state index < -0.39 is 11.6 Å². The Bertz CT molecular complexity index is 1110. The molecule has 0 atom stereocenters. The number of carbonyl (C=O) groups is 1. The van der Waals surface area contributed by atoms with Gasteiger partial charge in [0.15, 0.2) is 0 Å². The highest BCUT2D eigenvalue weighted by Gasteiger charge is 2.32. The molecule has 0 spiro atoms. The zero-order chi connectivity index (χ0) is 19.7. The van der Waals surface area contributed by atoms with Gasteiger partial charge in [-0.15, -0.1) is 0 Å². The van der Waals surface area contributed by atoms with Crippen LogP contribution in [0.1, 0.15) is 11.1 Å². The standard InChI is InChI=1S/C23H14ClF2NO/c24-18-8-6-16(7-9-18)22-13-17(12-15-4-2-1-3-5-15)23(28)27(22)21-11-10-19(25)14-20(21)26/h1-14H/b17-12+. The Labute approximate surface area is 166 Å². The number of nitrogens with zero attached hydrogens (tertiary/aromatic N) is 1. The van der Waals surface area contributed by atoms with Gasteiger partial charge in [0.1, 0.15) is 11.6 Å². The van der Waals surface area contributed by atoms with Gasteiger partial charge in [0, 0.05) is 16.7 Å². The van der Waals surface area contributed by atoms with Crippen LogP contribution in [0.25, 0.3) is 11.8 Å². The lowest BCUT2D eigenvalue weighted by molar-refractivity contribution is -0.113. The predicted octanol–water partition coefficient (Wildman–Crippen LogP) is 6.09. The lowest BCUT2D eigenvalue weighted by Gasteiger charge is -2.21. The van der Waals surface area contributed by atoms with Gasteiger partial charge >= 0.3 is 0 Å². The minimum Gasteiger partial charge on any atom is -0.273 e. The first-order chi connectivity index (χ1) is 13.5. The van der Waals surface area contributed by atoms with Crippen LogP contribution < -0.4 is 4.90 Å². The fourth-order valence-electron chi connectivity index (χ4n) is 3.08. The van der Waals surface area contributed by atoms with Gasteiger partial charge in [0.05, 0.1) is 11.4 Å². The van der Waals surface area contributed by atoms with Crippen molar-refractivity contribution in [1.29, 1.82) is 0 Å². The highest BCUT2D eigenvalue weighted by atomic mass is 35.5. The number of anilines is 1. The second-order valence-electron chi connectivity index (χ2n) is 6.28. The number of benzene rings is 3. The normalized spacial score (nSPS) is 15.2. The molecular formula is C23H14ClF2NO. The highest BCUT2D eigenvalue weighted by Crippen LogP contribution is 2.37. The smallest absolute Gasteiger partial charge is 0.263 e. The average Bonchev–Trinajstić information content (AvgIpc) is 3.00. The van der Waals surface area contributed by atoms with Crippen molar-refractivity contribution < 1.29 is 13.6 Å². The Balaban J connectivity index is 1.85. The van der Waals surface area contributed by atoms with Gasteiger partial charge in [-0.2, -0.15) is 0 Å². The molecule has 0 aliphatic carbocycles. The Morgan fingerprint density at radius 3 is 2.29 bits per heavy atom. The van der Waals surface area contributed by atoms with Crippen LogP contribution in [0.5, 0.6) is 0 Å². The first-order valence-electron chi connectivity index (χ1n) is 8.57. The summed E-state index contributed by atoms with van der Waals surface area (Å²) in [5, 5.41) is 0.549. The number of carbonyl (C=O) groups excluding carboxylic acids is 1. The molecule has 0 N–H and O–H groups in total. The first-order valence-corrected chi connectivity index (χ1v) is 8.94. The molecule has 3 aromatic rings. The van der Waals surface area contributed by atoms with E-state index >= 15 is 0 Å². The lowest BCUT2D eigenvalue weighted by atomic mass is 10.1. The summed E-state index contributed by atoms with van der Waals surface area (Å²) in [6.07, 6.45) is 3.43. The molecule has 138 valence electrons. The van der Waals surface area contributed by atoms with Gasteiger partial charge in [-0.05, 0) is 47.5 Å². The molecule has 28 heavy (non-hydrogen) atoms. The Kier molecular flexibility index (Phi) is 4.80. The minimum absolute atomic E-state index is 0.0101. The summed E-state index contributed by atoms with van der Waals surface area (Å²) < 4.78 is 27.9. The summed E-state index contributed by atoms with van der Waals surface area (Å²) in [7, 11) is 0. The molecule has 4 rings (SSSR count). The average molecular weight is 394 g/mol. The van der Waals surface area contributed by atoms with Gasteiger partial charge in [0.2, 0.25) is 0 Å². The third-order valence-corrected chi connectivity index (χ3v) is 4.65. The van der Waals surface area contributed by atoms with Gasteiger partial charge in [-0.3, -0.25) is 9.69 Å². The third-order valence-electron chi connectivity index (χ3n) is 4.40. The van der Waals surface area contributed by atoms with Gasteiger partial charge in [-0.1, -0.05) is 54.1 Å². The Morgan fingerprint density at radius 1 is 0.893 bits per heavy atom. The number of amides is 1. The van der Waals surface area contributed by atoms with Crippen LogP contribution in [-0.2, 0) is 4.79 Å². The molecule has 1 amide bonds. The van der Waals surface area contributed by atoms with Crippen LogP contribution in [-0.4, -0.2) is 5.91 Å². The van der Waals surface area contributed by atoms with Crippen molar-refractivity contribution in [3.8, 4) is 0 Å². The summed E-state index contributed by atoms with van der Waals surface area (Å²) in [5.74, 6) is -1.90. The van der Waals surface area contributed by atoms with Crippen molar-refractivity contribution in [1.82, 2.24) is 0 Å². The van der Waals surface area contributed by atoms with Crippen molar-refractivity contribution in [2.45, 2.75) is 0 Å². The molecular weight excluding hydrogens is 380 g/mol. The Hall–Kier alpha value is -3.24. The molecule has 0 saturated carbocycles. The molecule has 3 aromatic carbocycles. The van der Waals surface area contributed by atoms with Crippen molar-refractivity contribution in [3.63, 3.8) is 0 Å². The summed E-state index contributed by atoms with van der Waals surface area (Å²) in [5.41, 5.74) is 2.43. The maximum atomic E-state index is 14.5. The predicted molar refractivity (Wildman–Crippen MR) is 108 cm³/mol. The molecule has 1 aliphatic heterocycles. The van der Waals surface area contributed by atoms with E-state index in [1.165, 1.54) is 11.0 Å². The number of hydrogen-bond acceptors (Lipinski definition) is 1. The summed E-state index contributed by atoms with van der Waals surface area (Å²) >= 11 is 5.97. The number of hydrogen-bond donors (Lipinski definition) is 0. The van der Waals surface area contributed by atoms with E-state index in [1.807, 2.05) is 30.3 Å². The number of rotatable bonds is 3. The van der Waals surface area contributed by atoms with E-state index in [4.69, 9.17) is 11.6 Å². The molecule has 5 heteroatoms. The van der Waals surface area contributed by atoms with E-state index in [-0.39, 0.29) is 11.6 Å². The van der Waals surface area contributed by atoms with Crippen LogP contribution >= 0.6 is 11.6 Å². The van der Waals surface area contributed by atoms with Crippen molar-refractivity contribution in [2.24, 2.45) is 0 Å². The third kappa shape index (κ3) is 3.47. The van der Waals surface area contributed by atoms with Crippen LogP contribution in [0.4, 0.5) is 14.5 Å². The second-order valence-corrected chi connectivity index (χ2v) is 6.72.